The van der Waals surface area contributed by atoms with E-state index in [0.29, 0.717) is 0 Å². The maximum absolute atomic E-state index is 5.21. The smallest absolute Gasteiger partial charge is 0.0934 e. The maximum atomic E-state index is 5.21. The van der Waals surface area contributed by atoms with Crippen LogP contribution >= 0.6 is 0 Å². The number of aromatic nitrogens is 3. The van der Waals surface area contributed by atoms with E-state index in [2.05, 4.69) is 140 Å². The van der Waals surface area contributed by atoms with Crippen molar-refractivity contribution in [3.63, 3.8) is 0 Å². The van der Waals surface area contributed by atoms with Crippen molar-refractivity contribution >= 4 is 16.4 Å². The normalized spacial score (nSPS) is 11.3. The van der Waals surface area contributed by atoms with Crippen LogP contribution < -0.4 is 0 Å². The summed E-state index contributed by atoms with van der Waals surface area (Å²) in [6.45, 7) is 0. The van der Waals surface area contributed by atoms with Crippen molar-refractivity contribution < 1.29 is 0 Å². The van der Waals surface area contributed by atoms with Gasteiger partial charge in [0.2, 0.25) is 0 Å². The van der Waals surface area contributed by atoms with E-state index < -0.39 is 0 Å². The Morgan fingerprint density at radius 1 is 0.395 bits per heavy atom. The van der Waals surface area contributed by atoms with E-state index >= 15 is 0 Å². The Hall–Kier alpha value is -5.80. The minimum Gasteiger partial charge on any atom is -0.248 e. The first kappa shape index (κ1) is 25.0. The lowest BCUT2D eigenvalue weighted by Crippen LogP contribution is -1.94. The van der Waals surface area contributed by atoms with E-state index in [-0.39, 0.29) is 0 Å². The molecule has 0 aliphatic rings. The van der Waals surface area contributed by atoms with Gasteiger partial charge in [-0.25, -0.2) is 9.50 Å². The number of hydrogen-bond acceptors (Lipinski definition) is 2. The summed E-state index contributed by atoms with van der Waals surface area (Å²) in [5, 5.41) is 5.98. The van der Waals surface area contributed by atoms with Crippen LogP contribution in [0.5, 0.6) is 0 Å². The van der Waals surface area contributed by atoms with Crippen LogP contribution in [0.3, 0.4) is 0 Å². The second-order valence-corrected chi connectivity index (χ2v) is 10.7. The van der Waals surface area contributed by atoms with Gasteiger partial charge in [-0.1, -0.05) is 133 Å². The molecule has 8 rings (SSSR count). The molecule has 3 aromatic heterocycles. The van der Waals surface area contributed by atoms with Gasteiger partial charge in [0.25, 0.3) is 0 Å². The van der Waals surface area contributed by atoms with E-state index in [1.807, 2.05) is 28.9 Å². The third kappa shape index (κ3) is 4.67. The molecule has 0 aliphatic carbocycles. The standard InChI is InChI=1S/C40H27N3/c1-3-10-28(11-4-1)30-17-21-32(22-18-30)38-26-34(35-15-9-25-43-40(35)36-14-7-8-16-37(36)42-43)27-39(41-38)33-23-19-31(20-24-33)29-12-5-2-6-13-29/h1-27H. The highest BCUT2D eigenvalue weighted by atomic mass is 15.2. The molecule has 0 saturated carbocycles. The molecule has 3 nitrogen and oxygen atoms in total. The average molecular weight is 550 g/mol. The lowest BCUT2D eigenvalue weighted by atomic mass is 9.97. The Labute approximate surface area is 250 Å². The summed E-state index contributed by atoms with van der Waals surface area (Å²) >= 11 is 0. The van der Waals surface area contributed by atoms with Crippen molar-refractivity contribution in [2.75, 3.05) is 0 Å². The molecule has 0 amide bonds. The third-order valence-electron chi connectivity index (χ3n) is 8.06. The van der Waals surface area contributed by atoms with Gasteiger partial charge in [-0.2, -0.15) is 5.10 Å². The fourth-order valence-corrected chi connectivity index (χ4v) is 5.87. The Kier molecular flexibility index (Phi) is 6.12. The molecule has 0 N–H and O–H groups in total. The number of hydrogen-bond donors (Lipinski definition) is 0. The lowest BCUT2D eigenvalue weighted by molar-refractivity contribution is 0.983. The molecule has 0 radical (unpaired) electrons. The average Bonchev–Trinajstić information content (AvgIpc) is 3.48. The first-order valence-corrected chi connectivity index (χ1v) is 14.5. The summed E-state index contributed by atoms with van der Waals surface area (Å²) in [5.41, 5.74) is 13.1. The second kappa shape index (κ2) is 10.6. The highest BCUT2D eigenvalue weighted by Crippen LogP contribution is 2.36. The van der Waals surface area contributed by atoms with Gasteiger partial charge in [0, 0.05) is 28.3 Å². The van der Waals surface area contributed by atoms with E-state index in [9.17, 15) is 0 Å². The fraction of sp³-hybridized carbons (Fsp3) is 0. The van der Waals surface area contributed by atoms with Gasteiger partial charge < -0.3 is 0 Å². The lowest BCUT2D eigenvalue weighted by Gasteiger charge is -2.12. The summed E-state index contributed by atoms with van der Waals surface area (Å²) in [4.78, 5) is 5.21. The molecule has 3 heterocycles. The van der Waals surface area contributed by atoms with Crippen LogP contribution in [0.2, 0.25) is 0 Å². The van der Waals surface area contributed by atoms with Crippen LogP contribution in [-0.4, -0.2) is 14.6 Å². The summed E-state index contributed by atoms with van der Waals surface area (Å²) < 4.78 is 1.99. The summed E-state index contributed by atoms with van der Waals surface area (Å²) in [6, 6.07) is 55.3. The Morgan fingerprint density at radius 2 is 0.884 bits per heavy atom. The molecule has 0 spiro atoms. The van der Waals surface area contributed by atoms with Gasteiger partial charge in [0.15, 0.2) is 0 Å². The predicted octanol–water partition coefficient (Wildman–Crippen LogP) is 10.2. The van der Waals surface area contributed by atoms with Crippen LogP contribution in [-0.2, 0) is 0 Å². The number of rotatable bonds is 5. The topological polar surface area (TPSA) is 30.2 Å². The molecule has 43 heavy (non-hydrogen) atoms. The Morgan fingerprint density at radius 3 is 1.47 bits per heavy atom. The van der Waals surface area contributed by atoms with Gasteiger partial charge in [-0.05, 0) is 52.1 Å². The highest BCUT2D eigenvalue weighted by Gasteiger charge is 2.15. The Balaban J connectivity index is 1.29. The van der Waals surface area contributed by atoms with E-state index in [1.54, 1.807) is 0 Å². The van der Waals surface area contributed by atoms with Crippen molar-refractivity contribution in [1.29, 1.82) is 0 Å². The zero-order chi connectivity index (χ0) is 28.6. The summed E-state index contributed by atoms with van der Waals surface area (Å²) in [5.74, 6) is 0. The predicted molar refractivity (Wildman–Crippen MR) is 178 cm³/mol. The monoisotopic (exact) mass is 549 g/mol. The van der Waals surface area contributed by atoms with Crippen LogP contribution in [0.1, 0.15) is 0 Å². The number of fused-ring (bicyclic) bond motifs is 3. The fourth-order valence-electron chi connectivity index (χ4n) is 5.87. The largest absolute Gasteiger partial charge is 0.248 e. The number of pyridine rings is 2. The van der Waals surface area contributed by atoms with Crippen molar-refractivity contribution in [1.82, 2.24) is 14.6 Å². The molecule has 0 atom stereocenters. The first-order valence-electron chi connectivity index (χ1n) is 14.5. The minimum atomic E-state index is 0.935. The van der Waals surface area contributed by atoms with E-state index in [1.165, 1.54) is 22.3 Å². The van der Waals surface area contributed by atoms with Crippen molar-refractivity contribution in [3.05, 3.63) is 164 Å². The molecular weight excluding hydrogens is 522 g/mol. The molecule has 5 aromatic carbocycles. The second-order valence-electron chi connectivity index (χ2n) is 10.7. The van der Waals surface area contributed by atoms with Crippen molar-refractivity contribution in [2.24, 2.45) is 0 Å². The van der Waals surface area contributed by atoms with Gasteiger partial charge in [-0.15, -0.1) is 0 Å². The summed E-state index contributed by atoms with van der Waals surface area (Å²) in [7, 11) is 0. The quantitative estimate of drug-likeness (QED) is 0.214. The van der Waals surface area contributed by atoms with Gasteiger partial charge in [0.1, 0.15) is 0 Å². The van der Waals surface area contributed by atoms with Gasteiger partial charge in [-0.3, -0.25) is 0 Å². The zero-order valence-electron chi connectivity index (χ0n) is 23.4. The molecule has 0 saturated heterocycles. The van der Waals surface area contributed by atoms with E-state index in [0.717, 1.165) is 50.1 Å². The van der Waals surface area contributed by atoms with Crippen molar-refractivity contribution in [3.8, 4) is 55.9 Å². The van der Waals surface area contributed by atoms with E-state index in [4.69, 9.17) is 10.1 Å². The number of nitrogens with zero attached hydrogens (tertiary/aromatic N) is 3. The van der Waals surface area contributed by atoms with Gasteiger partial charge >= 0.3 is 0 Å². The van der Waals surface area contributed by atoms with Crippen LogP contribution in [0.15, 0.2) is 164 Å². The van der Waals surface area contributed by atoms with Crippen molar-refractivity contribution in [2.45, 2.75) is 0 Å². The first-order chi connectivity index (χ1) is 21.3. The van der Waals surface area contributed by atoms with Crippen LogP contribution in [0, 0.1) is 0 Å². The molecule has 0 aliphatic heterocycles. The third-order valence-corrected chi connectivity index (χ3v) is 8.06. The van der Waals surface area contributed by atoms with Crippen LogP contribution in [0.4, 0.5) is 0 Å². The molecule has 0 bridgehead atoms. The molecular formula is C40H27N3. The zero-order valence-corrected chi connectivity index (χ0v) is 23.4. The molecule has 0 fully saturated rings. The molecule has 202 valence electrons. The van der Waals surface area contributed by atoms with Gasteiger partial charge in [0.05, 0.1) is 22.4 Å². The SMILES string of the molecule is c1ccc(-c2ccc(-c3cc(-c4cccn5nc6ccccc6c45)cc(-c4ccc(-c5ccccc5)cc4)n3)cc2)cc1. The minimum absolute atomic E-state index is 0.935. The molecule has 3 heteroatoms. The number of benzene rings is 5. The maximum Gasteiger partial charge on any atom is 0.0934 e. The Bertz CT molecular complexity index is 2100. The summed E-state index contributed by atoms with van der Waals surface area (Å²) in [6.07, 6.45) is 2.02. The highest BCUT2D eigenvalue weighted by molar-refractivity contribution is 6.02. The molecule has 8 aromatic rings. The van der Waals surface area contributed by atoms with Crippen LogP contribution in [0.25, 0.3) is 72.3 Å². The molecule has 0 unspecified atom stereocenters.